The third-order valence-corrected chi connectivity index (χ3v) is 3.97. The Labute approximate surface area is 150 Å². The van der Waals surface area contributed by atoms with Gasteiger partial charge in [-0.2, -0.15) is 0 Å². The molecule has 3 rings (SSSR count). The standard InChI is InChI=1S/C19H16ClNO4/c1-23-13-9-12(10-14(11-13)24-2)21-19(22)18-16(7-8-25-18)15-5-3-4-6-17(15)20/h3-11H,1-2H3,(H,21,22). The summed E-state index contributed by atoms with van der Waals surface area (Å²) in [7, 11) is 3.09. The topological polar surface area (TPSA) is 60.7 Å². The summed E-state index contributed by atoms with van der Waals surface area (Å²) in [6.07, 6.45) is 1.46. The van der Waals surface area contributed by atoms with Crippen molar-refractivity contribution in [3.63, 3.8) is 0 Å². The Morgan fingerprint density at radius 1 is 1.00 bits per heavy atom. The second-order valence-corrected chi connectivity index (χ2v) is 5.61. The largest absolute Gasteiger partial charge is 0.497 e. The first kappa shape index (κ1) is 16.9. The van der Waals surface area contributed by atoms with E-state index in [1.165, 1.54) is 6.26 Å². The molecule has 0 atom stereocenters. The smallest absolute Gasteiger partial charge is 0.292 e. The van der Waals surface area contributed by atoms with Crippen molar-refractivity contribution in [1.82, 2.24) is 0 Å². The fraction of sp³-hybridized carbons (Fsp3) is 0.105. The van der Waals surface area contributed by atoms with Crippen LogP contribution in [0.5, 0.6) is 11.5 Å². The van der Waals surface area contributed by atoms with Crippen LogP contribution in [0.4, 0.5) is 5.69 Å². The Morgan fingerprint density at radius 2 is 1.68 bits per heavy atom. The summed E-state index contributed by atoms with van der Waals surface area (Å²) < 4.78 is 15.8. The first-order valence-electron chi connectivity index (χ1n) is 7.49. The number of carbonyl (C=O) groups is 1. The number of hydrogen-bond acceptors (Lipinski definition) is 4. The molecule has 2 aromatic carbocycles. The third-order valence-electron chi connectivity index (χ3n) is 3.64. The average Bonchev–Trinajstić information content (AvgIpc) is 3.11. The summed E-state index contributed by atoms with van der Waals surface area (Å²) in [5, 5.41) is 3.33. The van der Waals surface area contributed by atoms with E-state index in [1.54, 1.807) is 44.6 Å². The lowest BCUT2D eigenvalue weighted by Gasteiger charge is -2.10. The number of benzene rings is 2. The molecule has 0 spiro atoms. The number of halogens is 1. The van der Waals surface area contributed by atoms with Crippen LogP contribution in [0.1, 0.15) is 10.6 Å². The van der Waals surface area contributed by atoms with Crippen molar-refractivity contribution in [3.8, 4) is 22.6 Å². The van der Waals surface area contributed by atoms with Gasteiger partial charge < -0.3 is 19.2 Å². The lowest BCUT2D eigenvalue weighted by atomic mass is 10.1. The number of carbonyl (C=O) groups excluding carboxylic acids is 1. The lowest BCUT2D eigenvalue weighted by Crippen LogP contribution is -2.12. The Bertz CT molecular complexity index is 882. The molecule has 1 N–H and O–H groups in total. The van der Waals surface area contributed by atoms with Crippen LogP contribution in [0, 0.1) is 0 Å². The highest BCUT2D eigenvalue weighted by Gasteiger charge is 2.19. The molecule has 0 aliphatic heterocycles. The predicted octanol–water partition coefficient (Wildman–Crippen LogP) is 4.87. The number of ether oxygens (including phenoxy) is 2. The molecule has 6 heteroatoms. The van der Waals surface area contributed by atoms with Gasteiger partial charge in [0.2, 0.25) is 0 Å². The molecule has 0 aliphatic rings. The van der Waals surface area contributed by atoms with Gasteiger partial charge in [0.25, 0.3) is 5.91 Å². The van der Waals surface area contributed by atoms with Crippen LogP contribution >= 0.6 is 11.6 Å². The summed E-state index contributed by atoms with van der Waals surface area (Å²) in [5.41, 5.74) is 1.88. The summed E-state index contributed by atoms with van der Waals surface area (Å²) in [6, 6.07) is 14.1. The van der Waals surface area contributed by atoms with Crippen LogP contribution in [-0.4, -0.2) is 20.1 Å². The molecule has 0 radical (unpaired) electrons. The molecular formula is C19H16ClNO4. The van der Waals surface area contributed by atoms with Crippen molar-refractivity contribution in [2.24, 2.45) is 0 Å². The predicted molar refractivity (Wildman–Crippen MR) is 96.7 cm³/mol. The Hall–Kier alpha value is -2.92. The number of rotatable bonds is 5. The Kier molecular flexibility index (Phi) is 4.95. The molecule has 128 valence electrons. The highest BCUT2D eigenvalue weighted by atomic mass is 35.5. The average molecular weight is 358 g/mol. The van der Waals surface area contributed by atoms with Gasteiger partial charge in [-0.05, 0) is 12.1 Å². The molecular weight excluding hydrogens is 342 g/mol. The number of anilines is 1. The van der Waals surface area contributed by atoms with Crippen LogP contribution in [0.2, 0.25) is 5.02 Å². The third kappa shape index (κ3) is 3.61. The van der Waals surface area contributed by atoms with E-state index in [0.29, 0.717) is 27.8 Å². The summed E-state index contributed by atoms with van der Waals surface area (Å²) in [4.78, 5) is 12.7. The molecule has 1 heterocycles. The number of methoxy groups -OCH3 is 2. The Balaban J connectivity index is 1.91. The monoisotopic (exact) mass is 357 g/mol. The van der Waals surface area contributed by atoms with Gasteiger partial charge in [0, 0.05) is 40.0 Å². The van der Waals surface area contributed by atoms with Crippen molar-refractivity contribution in [2.45, 2.75) is 0 Å². The fourth-order valence-corrected chi connectivity index (χ4v) is 2.68. The van der Waals surface area contributed by atoms with Gasteiger partial charge in [-0.15, -0.1) is 0 Å². The molecule has 3 aromatic rings. The Morgan fingerprint density at radius 3 is 2.32 bits per heavy atom. The molecule has 1 aromatic heterocycles. The fourth-order valence-electron chi connectivity index (χ4n) is 2.44. The molecule has 1 amide bonds. The number of amides is 1. The first-order chi connectivity index (χ1) is 12.1. The maximum absolute atomic E-state index is 12.7. The first-order valence-corrected chi connectivity index (χ1v) is 7.87. The van der Waals surface area contributed by atoms with Gasteiger partial charge in [0.1, 0.15) is 11.5 Å². The molecule has 0 saturated carbocycles. The van der Waals surface area contributed by atoms with Crippen molar-refractivity contribution >= 4 is 23.2 Å². The van der Waals surface area contributed by atoms with Crippen molar-refractivity contribution < 1.29 is 18.7 Å². The van der Waals surface area contributed by atoms with Gasteiger partial charge in [-0.3, -0.25) is 4.79 Å². The van der Waals surface area contributed by atoms with Crippen LogP contribution in [0.3, 0.4) is 0 Å². The molecule has 0 saturated heterocycles. The van der Waals surface area contributed by atoms with E-state index < -0.39 is 5.91 Å². The zero-order chi connectivity index (χ0) is 17.8. The quantitative estimate of drug-likeness (QED) is 0.707. The number of nitrogens with one attached hydrogen (secondary N) is 1. The second kappa shape index (κ2) is 7.32. The van der Waals surface area contributed by atoms with Gasteiger partial charge >= 0.3 is 0 Å². The van der Waals surface area contributed by atoms with E-state index in [1.807, 2.05) is 18.2 Å². The summed E-state index contributed by atoms with van der Waals surface area (Å²) in [5.74, 6) is 0.922. The molecule has 0 aliphatic carbocycles. The van der Waals surface area contributed by atoms with Gasteiger partial charge in [-0.25, -0.2) is 0 Å². The molecule has 0 bridgehead atoms. The SMILES string of the molecule is COc1cc(NC(=O)c2occc2-c2ccccc2Cl)cc(OC)c1. The maximum atomic E-state index is 12.7. The minimum atomic E-state index is -0.393. The van der Waals surface area contributed by atoms with Gasteiger partial charge in [0.05, 0.1) is 20.5 Å². The van der Waals surface area contributed by atoms with Crippen molar-refractivity contribution in [2.75, 3.05) is 19.5 Å². The van der Waals surface area contributed by atoms with E-state index >= 15 is 0 Å². The number of hydrogen-bond donors (Lipinski definition) is 1. The highest BCUT2D eigenvalue weighted by molar-refractivity contribution is 6.33. The van der Waals surface area contributed by atoms with Crippen LogP contribution in [0.15, 0.2) is 59.2 Å². The van der Waals surface area contributed by atoms with E-state index in [2.05, 4.69) is 5.32 Å². The highest BCUT2D eigenvalue weighted by Crippen LogP contribution is 2.32. The van der Waals surface area contributed by atoms with E-state index in [9.17, 15) is 4.79 Å². The van der Waals surface area contributed by atoms with E-state index in [4.69, 9.17) is 25.5 Å². The lowest BCUT2D eigenvalue weighted by molar-refractivity contribution is 0.0997. The summed E-state index contributed by atoms with van der Waals surface area (Å²) in [6.45, 7) is 0. The van der Waals surface area contributed by atoms with E-state index in [0.717, 1.165) is 5.56 Å². The molecule has 5 nitrogen and oxygen atoms in total. The maximum Gasteiger partial charge on any atom is 0.292 e. The minimum absolute atomic E-state index is 0.176. The second-order valence-electron chi connectivity index (χ2n) is 5.20. The molecule has 25 heavy (non-hydrogen) atoms. The van der Waals surface area contributed by atoms with Crippen molar-refractivity contribution in [1.29, 1.82) is 0 Å². The van der Waals surface area contributed by atoms with Gasteiger partial charge in [-0.1, -0.05) is 29.8 Å². The van der Waals surface area contributed by atoms with Crippen LogP contribution in [0.25, 0.3) is 11.1 Å². The normalized spacial score (nSPS) is 10.4. The van der Waals surface area contributed by atoms with Gasteiger partial charge in [0.15, 0.2) is 5.76 Å². The van der Waals surface area contributed by atoms with Crippen LogP contribution < -0.4 is 14.8 Å². The minimum Gasteiger partial charge on any atom is -0.497 e. The van der Waals surface area contributed by atoms with Crippen LogP contribution in [-0.2, 0) is 0 Å². The van der Waals surface area contributed by atoms with Crippen molar-refractivity contribution in [3.05, 3.63) is 65.6 Å². The zero-order valence-corrected chi connectivity index (χ0v) is 14.5. The zero-order valence-electron chi connectivity index (χ0n) is 13.7. The van der Waals surface area contributed by atoms with E-state index in [-0.39, 0.29) is 5.76 Å². The molecule has 0 unspecified atom stereocenters. The number of furan rings is 1. The summed E-state index contributed by atoms with van der Waals surface area (Å²) >= 11 is 6.23. The molecule has 0 fully saturated rings.